The second-order valence-electron chi connectivity index (χ2n) is 9.15. The number of aromatic nitrogens is 5. The van der Waals surface area contributed by atoms with Crippen LogP contribution in [0.1, 0.15) is 37.2 Å². The van der Waals surface area contributed by atoms with Crippen LogP contribution in [0.3, 0.4) is 0 Å². The summed E-state index contributed by atoms with van der Waals surface area (Å²) < 4.78 is 27.3. The number of nitrogens with two attached hydrogens (primary N) is 1. The van der Waals surface area contributed by atoms with Gasteiger partial charge < -0.3 is 16.0 Å². The van der Waals surface area contributed by atoms with Crippen molar-refractivity contribution in [2.75, 3.05) is 23.3 Å². The Bertz CT molecular complexity index is 1410. The molecule has 0 radical (unpaired) electrons. The second-order valence-corrected chi connectivity index (χ2v) is 9.15. The predicted molar refractivity (Wildman–Crippen MR) is 129 cm³/mol. The lowest BCUT2D eigenvalue weighted by molar-refractivity contribution is 0.504. The molecular formula is C25H24F2N8. The zero-order valence-electron chi connectivity index (χ0n) is 19.0. The van der Waals surface area contributed by atoms with E-state index in [1.165, 1.54) is 5.56 Å². The first-order valence-electron chi connectivity index (χ1n) is 11.8. The summed E-state index contributed by atoms with van der Waals surface area (Å²) in [5.41, 5.74) is 8.98. The summed E-state index contributed by atoms with van der Waals surface area (Å²) in [6.07, 6.45) is 10.5. The minimum absolute atomic E-state index is 0.0956. The highest BCUT2D eigenvalue weighted by atomic mass is 19.1. The van der Waals surface area contributed by atoms with E-state index in [-0.39, 0.29) is 11.9 Å². The van der Waals surface area contributed by atoms with Gasteiger partial charge in [-0.1, -0.05) is 0 Å². The van der Waals surface area contributed by atoms with Crippen LogP contribution in [0.25, 0.3) is 22.3 Å². The first-order valence-corrected chi connectivity index (χ1v) is 11.8. The molecule has 178 valence electrons. The second kappa shape index (κ2) is 8.77. The summed E-state index contributed by atoms with van der Waals surface area (Å²) in [6, 6.07) is 4.38. The van der Waals surface area contributed by atoms with Gasteiger partial charge in [0.2, 0.25) is 0 Å². The monoisotopic (exact) mass is 474 g/mol. The van der Waals surface area contributed by atoms with Crippen molar-refractivity contribution in [3.63, 3.8) is 0 Å². The molecule has 35 heavy (non-hydrogen) atoms. The molecule has 4 aromatic heterocycles. The Hall–Kier alpha value is -3.79. The van der Waals surface area contributed by atoms with Crippen molar-refractivity contribution in [2.45, 2.75) is 37.6 Å². The van der Waals surface area contributed by atoms with E-state index in [4.69, 9.17) is 15.7 Å². The average Bonchev–Trinajstić information content (AvgIpc) is 3.70. The average molecular weight is 475 g/mol. The maximum atomic E-state index is 14.1. The van der Waals surface area contributed by atoms with Gasteiger partial charge >= 0.3 is 0 Å². The van der Waals surface area contributed by atoms with Gasteiger partial charge in [0, 0.05) is 48.5 Å². The van der Waals surface area contributed by atoms with Crippen molar-refractivity contribution < 1.29 is 8.78 Å². The third-order valence-electron chi connectivity index (χ3n) is 6.46. The minimum atomic E-state index is -0.804. The highest BCUT2D eigenvalue weighted by Gasteiger charge is 2.30. The van der Waals surface area contributed by atoms with Crippen LogP contribution >= 0.6 is 0 Å². The van der Waals surface area contributed by atoms with E-state index in [0.717, 1.165) is 67.8 Å². The fourth-order valence-electron chi connectivity index (χ4n) is 4.62. The highest BCUT2D eigenvalue weighted by Crippen LogP contribution is 2.45. The molecule has 4 aromatic rings. The summed E-state index contributed by atoms with van der Waals surface area (Å²) in [5, 5.41) is 3.85. The van der Waals surface area contributed by atoms with E-state index in [0.29, 0.717) is 23.1 Å². The van der Waals surface area contributed by atoms with Crippen molar-refractivity contribution in [1.82, 2.24) is 24.9 Å². The number of piperidine rings is 1. The molecular weight excluding hydrogens is 450 g/mol. The van der Waals surface area contributed by atoms with Gasteiger partial charge in [-0.3, -0.25) is 4.98 Å². The van der Waals surface area contributed by atoms with Crippen molar-refractivity contribution >= 4 is 28.4 Å². The van der Waals surface area contributed by atoms with Crippen molar-refractivity contribution in [3.05, 3.63) is 60.2 Å². The van der Waals surface area contributed by atoms with E-state index >= 15 is 0 Å². The van der Waals surface area contributed by atoms with E-state index in [2.05, 4.69) is 25.2 Å². The van der Waals surface area contributed by atoms with Gasteiger partial charge in [-0.2, -0.15) is 0 Å². The van der Waals surface area contributed by atoms with Crippen molar-refractivity contribution in [1.29, 1.82) is 0 Å². The highest BCUT2D eigenvalue weighted by molar-refractivity contribution is 5.94. The molecule has 1 aliphatic heterocycles. The van der Waals surface area contributed by atoms with E-state index in [1.54, 1.807) is 24.5 Å². The number of nitrogens with one attached hydrogen (secondary N) is 1. The van der Waals surface area contributed by atoms with E-state index in [1.807, 2.05) is 6.20 Å². The van der Waals surface area contributed by atoms with Crippen LogP contribution in [0.5, 0.6) is 0 Å². The Balaban J connectivity index is 1.43. The van der Waals surface area contributed by atoms with Gasteiger partial charge in [0.15, 0.2) is 17.5 Å². The minimum Gasteiger partial charge on any atom is -0.354 e. The van der Waals surface area contributed by atoms with Gasteiger partial charge in [0.05, 0.1) is 17.9 Å². The van der Waals surface area contributed by atoms with Crippen LogP contribution in [-0.2, 0) is 0 Å². The number of pyridine rings is 3. The Morgan fingerprint density at radius 2 is 1.91 bits per heavy atom. The van der Waals surface area contributed by atoms with Crippen molar-refractivity contribution in [3.8, 4) is 11.4 Å². The molecule has 1 saturated carbocycles. The Kier molecular flexibility index (Phi) is 5.44. The molecule has 6 rings (SSSR count). The van der Waals surface area contributed by atoms with Crippen LogP contribution in [-0.4, -0.2) is 44.1 Å². The molecule has 3 N–H and O–H groups in total. The first kappa shape index (κ1) is 21.7. The molecule has 5 heterocycles. The van der Waals surface area contributed by atoms with Gasteiger partial charge in [-0.25, -0.2) is 28.7 Å². The molecule has 0 spiro atoms. The van der Waals surface area contributed by atoms with E-state index in [9.17, 15) is 8.78 Å². The fourth-order valence-corrected chi connectivity index (χ4v) is 4.62. The van der Waals surface area contributed by atoms with Gasteiger partial charge in [0.1, 0.15) is 17.5 Å². The molecule has 1 aliphatic carbocycles. The predicted octanol–water partition coefficient (Wildman–Crippen LogP) is 4.31. The lowest BCUT2D eigenvalue weighted by atomic mass is 10.0. The lowest BCUT2D eigenvalue weighted by Crippen LogP contribution is -2.43. The Morgan fingerprint density at radius 1 is 1.03 bits per heavy atom. The number of anilines is 3. The smallest absolute Gasteiger partial charge is 0.168 e. The number of rotatable bonds is 5. The number of hydrogen-bond acceptors (Lipinski definition) is 8. The van der Waals surface area contributed by atoms with Crippen LogP contribution in [0, 0.1) is 11.6 Å². The third kappa shape index (κ3) is 4.37. The lowest BCUT2D eigenvalue weighted by Gasteiger charge is -2.33. The maximum Gasteiger partial charge on any atom is 0.168 e. The molecule has 0 amide bonds. The molecule has 0 unspecified atom stereocenters. The normalized spacial score (nSPS) is 18.1. The number of halogens is 2. The van der Waals surface area contributed by atoms with Gasteiger partial charge in [-0.05, 0) is 49.3 Å². The topological polar surface area (TPSA) is 106 Å². The zero-order chi connectivity index (χ0) is 23.9. The molecule has 8 nitrogen and oxygen atoms in total. The summed E-state index contributed by atoms with van der Waals surface area (Å²) in [6.45, 7) is 1.61. The van der Waals surface area contributed by atoms with Crippen LogP contribution in [0.15, 0.2) is 43.0 Å². The first-order chi connectivity index (χ1) is 17.0. The van der Waals surface area contributed by atoms with Gasteiger partial charge in [0.25, 0.3) is 0 Å². The fraction of sp³-hybridized carbons (Fsp3) is 0.320. The molecule has 1 saturated heterocycles. The summed E-state index contributed by atoms with van der Waals surface area (Å²) in [5.74, 6) is 0.562. The Labute approximate surface area is 200 Å². The largest absolute Gasteiger partial charge is 0.354 e. The van der Waals surface area contributed by atoms with Crippen LogP contribution < -0.4 is 16.0 Å². The number of hydrogen-bond donors (Lipinski definition) is 2. The molecule has 2 fully saturated rings. The standard InChI is InChI=1S/C25H24F2N8/c26-16-9-19(27)24(31-10-16)33-21-8-15(5-6-30-21)23-32-20-12-29-11-18(14-3-4-14)22(20)25(34-23)35-7-1-2-17(28)13-35/h5-6,8-12,14,17H,1-4,7,13,28H2,(H,30,31,33)/t17-/m1/s1. The van der Waals surface area contributed by atoms with Crippen molar-refractivity contribution in [2.24, 2.45) is 5.73 Å². The summed E-state index contributed by atoms with van der Waals surface area (Å²) >= 11 is 0. The molecule has 10 heteroatoms. The summed E-state index contributed by atoms with van der Waals surface area (Å²) in [4.78, 5) is 24.6. The molecule has 0 aromatic carbocycles. The quantitative estimate of drug-likeness (QED) is 0.441. The summed E-state index contributed by atoms with van der Waals surface area (Å²) in [7, 11) is 0. The maximum absolute atomic E-state index is 14.1. The van der Waals surface area contributed by atoms with Gasteiger partial charge in [-0.15, -0.1) is 0 Å². The van der Waals surface area contributed by atoms with Crippen LogP contribution in [0.2, 0.25) is 0 Å². The Morgan fingerprint density at radius 3 is 2.71 bits per heavy atom. The zero-order valence-corrected chi connectivity index (χ0v) is 19.0. The molecule has 2 aliphatic rings. The SMILES string of the molecule is N[C@@H]1CCCN(c2nc(-c3ccnc(Nc4ncc(F)cc4F)c3)nc3cncc(C4CC4)c23)C1. The number of nitrogens with zero attached hydrogens (tertiary/aromatic N) is 6. The third-order valence-corrected chi connectivity index (χ3v) is 6.46. The molecule has 0 bridgehead atoms. The number of fused-ring (bicyclic) bond motifs is 1. The van der Waals surface area contributed by atoms with Crippen LogP contribution in [0.4, 0.5) is 26.2 Å². The van der Waals surface area contributed by atoms with E-state index < -0.39 is 11.6 Å². The molecule has 1 atom stereocenters.